The zero-order valence-corrected chi connectivity index (χ0v) is 7.69. The average molecular weight is 205 g/mol. The highest BCUT2D eigenvalue weighted by Crippen LogP contribution is 2.10. The highest BCUT2D eigenvalue weighted by Gasteiger charge is 2.30. The third kappa shape index (κ3) is 2.43. The normalized spacial score (nSPS) is 15.3. The van der Waals surface area contributed by atoms with Gasteiger partial charge in [-0.3, -0.25) is 4.68 Å². The Balaban J connectivity index is 2.74. The van der Waals surface area contributed by atoms with E-state index < -0.39 is 11.6 Å². The molecule has 5 nitrogen and oxygen atoms in total. The summed E-state index contributed by atoms with van der Waals surface area (Å²) in [6.45, 7) is 1.07. The van der Waals surface area contributed by atoms with Gasteiger partial charge in [-0.2, -0.15) is 5.10 Å². The fraction of sp³-hybridized carbons (Fsp3) is 0.429. The molecule has 72 valence electrons. The van der Waals surface area contributed by atoms with Crippen LogP contribution < -0.4 is 0 Å². The van der Waals surface area contributed by atoms with E-state index >= 15 is 0 Å². The monoisotopic (exact) mass is 204 g/mol. The molecule has 1 aromatic heterocycles. The molecule has 1 rings (SSSR count). The molecule has 1 atom stereocenters. The van der Waals surface area contributed by atoms with Crippen LogP contribution in [0.1, 0.15) is 6.92 Å². The van der Waals surface area contributed by atoms with Crippen molar-refractivity contribution >= 4 is 17.6 Å². The number of aliphatic carboxylic acids is 1. The van der Waals surface area contributed by atoms with Crippen LogP contribution in [-0.2, 0) is 11.3 Å². The van der Waals surface area contributed by atoms with Gasteiger partial charge in [-0.05, 0) is 6.92 Å². The molecule has 0 saturated heterocycles. The third-order valence-corrected chi connectivity index (χ3v) is 1.73. The van der Waals surface area contributed by atoms with Crippen LogP contribution in [0, 0.1) is 0 Å². The number of rotatable bonds is 3. The number of aliphatic hydroxyl groups is 1. The molecule has 0 radical (unpaired) electrons. The summed E-state index contributed by atoms with van der Waals surface area (Å²) in [6, 6.07) is 0. The van der Waals surface area contributed by atoms with Gasteiger partial charge in [-0.15, -0.1) is 0 Å². The summed E-state index contributed by atoms with van der Waals surface area (Å²) in [5.74, 6) is -1.29. The Labute approximate surface area is 79.6 Å². The summed E-state index contributed by atoms with van der Waals surface area (Å²) >= 11 is 5.56. The number of aromatic nitrogens is 2. The molecule has 0 aromatic carbocycles. The van der Waals surface area contributed by atoms with Crippen LogP contribution in [0.2, 0.25) is 5.02 Å². The van der Waals surface area contributed by atoms with Crippen LogP contribution in [0.25, 0.3) is 0 Å². The zero-order valence-electron chi connectivity index (χ0n) is 6.94. The maximum atomic E-state index is 10.5. The molecule has 6 heteroatoms. The van der Waals surface area contributed by atoms with Crippen molar-refractivity contribution in [3.8, 4) is 0 Å². The third-order valence-electron chi connectivity index (χ3n) is 1.53. The van der Waals surface area contributed by atoms with Crippen LogP contribution in [0.4, 0.5) is 0 Å². The lowest BCUT2D eigenvalue weighted by atomic mass is 10.1. The largest absolute Gasteiger partial charge is 0.479 e. The van der Waals surface area contributed by atoms with Crippen molar-refractivity contribution in [2.75, 3.05) is 0 Å². The molecule has 0 aliphatic rings. The van der Waals surface area contributed by atoms with Crippen molar-refractivity contribution in [2.45, 2.75) is 19.1 Å². The van der Waals surface area contributed by atoms with Gasteiger partial charge in [0.15, 0.2) is 5.60 Å². The van der Waals surface area contributed by atoms with Crippen LogP contribution >= 0.6 is 11.6 Å². The Hall–Kier alpha value is -1.07. The van der Waals surface area contributed by atoms with Crippen LogP contribution in [-0.4, -0.2) is 31.6 Å². The molecule has 2 N–H and O–H groups in total. The second-order valence-corrected chi connectivity index (χ2v) is 3.37. The topological polar surface area (TPSA) is 75.3 Å². The van der Waals surface area contributed by atoms with Gasteiger partial charge in [-0.1, -0.05) is 11.6 Å². The van der Waals surface area contributed by atoms with Gasteiger partial charge in [0.2, 0.25) is 0 Å². The van der Waals surface area contributed by atoms with E-state index in [4.69, 9.17) is 16.7 Å². The van der Waals surface area contributed by atoms with Crippen molar-refractivity contribution in [1.82, 2.24) is 9.78 Å². The second-order valence-electron chi connectivity index (χ2n) is 2.94. The molecule has 0 fully saturated rings. The minimum atomic E-state index is -1.82. The number of carboxylic acid groups (broad SMARTS) is 1. The lowest BCUT2D eigenvalue weighted by molar-refractivity contribution is -0.158. The lowest BCUT2D eigenvalue weighted by Gasteiger charge is -2.17. The first-order chi connectivity index (χ1) is 5.92. The Morgan fingerprint density at radius 3 is 2.85 bits per heavy atom. The van der Waals surface area contributed by atoms with Gasteiger partial charge in [0.25, 0.3) is 0 Å². The highest BCUT2D eigenvalue weighted by atomic mass is 35.5. The summed E-state index contributed by atoms with van der Waals surface area (Å²) < 4.78 is 1.27. The zero-order chi connectivity index (χ0) is 10.1. The molecule has 0 saturated carbocycles. The van der Waals surface area contributed by atoms with Crippen molar-refractivity contribution in [2.24, 2.45) is 0 Å². The van der Waals surface area contributed by atoms with E-state index in [0.29, 0.717) is 5.02 Å². The standard InChI is InChI=1S/C7H9ClN2O3/c1-7(13,6(11)12)4-10-3-5(8)2-9-10/h2-3,13H,4H2,1H3,(H,11,12). The van der Waals surface area contributed by atoms with E-state index in [9.17, 15) is 9.90 Å². The van der Waals surface area contributed by atoms with Gasteiger partial charge in [0, 0.05) is 6.20 Å². The number of halogens is 1. The van der Waals surface area contributed by atoms with Crippen molar-refractivity contribution in [3.05, 3.63) is 17.4 Å². The van der Waals surface area contributed by atoms with Crippen molar-refractivity contribution < 1.29 is 15.0 Å². The Morgan fingerprint density at radius 2 is 2.46 bits per heavy atom. The van der Waals surface area contributed by atoms with Gasteiger partial charge in [0.05, 0.1) is 17.8 Å². The quantitative estimate of drug-likeness (QED) is 0.746. The van der Waals surface area contributed by atoms with Gasteiger partial charge in [0.1, 0.15) is 0 Å². The molecule has 1 heterocycles. The number of carboxylic acids is 1. The van der Waals surface area contributed by atoms with E-state index in [1.807, 2.05) is 0 Å². The molecule has 13 heavy (non-hydrogen) atoms. The van der Waals surface area contributed by atoms with Crippen LogP contribution in [0.5, 0.6) is 0 Å². The Bertz CT molecular complexity index is 321. The predicted molar refractivity (Wildman–Crippen MR) is 45.5 cm³/mol. The van der Waals surface area contributed by atoms with Crippen molar-refractivity contribution in [3.63, 3.8) is 0 Å². The molecular formula is C7H9ClN2O3. The summed E-state index contributed by atoms with van der Waals surface area (Å²) in [5, 5.41) is 22.1. The van der Waals surface area contributed by atoms with E-state index in [1.54, 1.807) is 0 Å². The maximum absolute atomic E-state index is 10.5. The van der Waals surface area contributed by atoms with Crippen molar-refractivity contribution in [1.29, 1.82) is 0 Å². The number of hydrogen-bond donors (Lipinski definition) is 2. The predicted octanol–water partition coefficient (Wildman–Crippen LogP) is 0.372. The minimum Gasteiger partial charge on any atom is -0.479 e. The first kappa shape index (κ1) is 10.0. The summed E-state index contributed by atoms with van der Waals surface area (Å²) in [6.07, 6.45) is 2.82. The van der Waals surface area contributed by atoms with Crippen LogP contribution in [0.15, 0.2) is 12.4 Å². The molecule has 0 aliphatic heterocycles. The van der Waals surface area contributed by atoms with E-state index in [-0.39, 0.29) is 6.54 Å². The molecule has 0 aliphatic carbocycles. The van der Waals surface area contributed by atoms with Gasteiger partial charge in [-0.25, -0.2) is 4.79 Å². The summed E-state index contributed by atoms with van der Waals surface area (Å²) in [5.41, 5.74) is -1.82. The summed E-state index contributed by atoms with van der Waals surface area (Å²) in [4.78, 5) is 10.5. The molecular weight excluding hydrogens is 196 g/mol. The first-order valence-electron chi connectivity index (χ1n) is 3.55. The Morgan fingerprint density at radius 1 is 1.85 bits per heavy atom. The van der Waals surface area contributed by atoms with Gasteiger partial charge >= 0.3 is 5.97 Å². The highest BCUT2D eigenvalue weighted by molar-refractivity contribution is 6.30. The van der Waals surface area contributed by atoms with Crippen LogP contribution in [0.3, 0.4) is 0 Å². The molecule has 0 bridgehead atoms. The summed E-state index contributed by atoms with van der Waals surface area (Å²) in [7, 11) is 0. The minimum absolute atomic E-state index is 0.130. The first-order valence-corrected chi connectivity index (χ1v) is 3.93. The fourth-order valence-electron chi connectivity index (χ4n) is 0.808. The maximum Gasteiger partial charge on any atom is 0.337 e. The van der Waals surface area contributed by atoms with E-state index in [2.05, 4.69) is 5.10 Å². The SMILES string of the molecule is CC(O)(Cn1cc(Cl)cn1)C(=O)O. The van der Waals surface area contributed by atoms with Gasteiger partial charge < -0.3 is 10.2 Å². The van der Waals surface area contributed by atoms with E-state index in [1.165, 1.54) is 24.0 Å². The molecule has 0 spiro atoms. The number of nitrogens with zero attached hydrogens (tertiary/aromatic N) is 2. The number of hydrogen-bond acceptors (Lipinski definition) is 3. The average Bonchev–Trinajstić information content (AvgIpc) is 2.34. The van der Waals surface area contributed by atoms with E-state index in [0.717, 1.165) is 0 Å². The smallest absolute Gasteiger partial charge is 0.337 e. The molecule has 1 unspecified atom stereocenters. The lowest BCUT2D eigenvalue weighted by Crippen LogP contribution is -2.39. The fourth-order valence-corrected chi connectivity index (χ4v) is 0.964. The molecule has 1 aromatic rings. The second kappa shape index (κ2) is 3.35. The number of carbonyl (C=O) groups is 1. The molecule has 0 amide bonds. The Kier molecular flexibility index (Phi) is 2.58.